The highest BCUT2D eigenvalue weighted by molar-refractivity contribution is 6.29. The van der Waals surface area contributed by atoms with E-state index in [1.165, 1.54) is 24.9 Å². The monoisotopic (exact) mass is 239 g/mol. The van der Waals surface area contributed by atoms with Gasteiger partial charge in [0, 0.05) is 12.7 Å². The molecule has 1 aromatic rings. The number of hydrogen-bond acceptors (Lipinski definition) is 3. The minimum atomic E-state index is 0.556. The lowest BCUT2D eigenvalue weighted by atomic mass is 10.00. The highest BCUT2D eigenvalue weighted by Gasteiger charge is 2.11. The van der Waals surface area contributed by atoms with Crippen LogP contribution < -0.4 is 10.6 Å². The molecule has 2 heterocycles. The molecule has 16 heavy (non-hydrogen) atoms. The Hall–Kier alpha value is -0.640. The fourth-order valence-electron chi connectivity index (χ4n) is 2.03. The largest absolute Gasteiger partial charge is 0.316 e. The molecule has 4 heteroatoms. The lowest BCUT2D eigenvalue weighted by molar-refractivity contribution is 0.360. The molecule has 1 saturated heterocycles. The van der Waals surface area contributed by atoms with Crippen molar-refractivity contribution in [3.63, 3.8) is 0 Å². The van der Waals surface area contributed by atoms with Crippen LogP contribution in [0.3, 0.4) is 0 Å². The second-order valence-electron chi connectivity index (χ2n) is 4.33. The van der Waals surface area contributed by atoms with Gasteiger partial charge < -0.3 is 10.6 Å². The molecule has 1 atom stereocenters. The van der Waals surface area contributed by atoms with Gasteiger partial charge in [-0.25, -0.2) is 4.98 Å². The maximum atomic E-state index is 5.73. The second kappa shape index (κ2) is 6.18. The zero-order valence-electron chi connectivity index (χ0n) is 9.38. The third-order valence-corrected chi connectivity index (χ3v) is 3.17. The minimum absolute atomic E-state index is 0.556. The lowest BCUT2D eigenvalue weighted by Gasteiger charge is -2.22. The Kier molecular flexibility index (Phi) is 4.57. The van der Waals surface area contributed by atoms with E-state index >= 15 is 0 Å². The number of pyridine rings is 1. The Morgan fingerprint density at radius 1 is 1.50 bits per heavy atom. The molecule has 0 saturated carbocycles. The number of rotatable bonds is 4. The molecule has 2 N–H and O–H groups in total. The van der Waals surface area contributed by atoms with E-state index in [2.05, 4.69) is 15.6 Å². The maximum absolute atomic E-state index is 5.73. The third kappa shape index (κ3) is 3.74. The molecule has 2 rings (SSSR count). The summed E-state index contributed by atoms with van der Waals surface area (Å²) in [6, 6.07) is 3.85. The van der Waals surface area contributed by atoms with Crippen molar-refractivity contribution in [2.75, 3.05) is 19.6 Å². The van der Waals surface area contributed by atoms with E-state index in [1.54, 1.807) is 0 Å². The fourth-order valence-corrected chi connectivity index (χ4v) is 2.14. The van der Waals surface area contributed by atoms with E-state index in [9.17, 15) is 0 Å². The Labute approximate surface area is 102 Å². The number of piperidine rings is 1. The summed E-state index contributed by atoms with van der Waals surface area (Å²) in [6.07, 6.45) is 4.46. The summed E-state index contributed by atoms with van der Waals surface area (Å²) in [7, 11) is 0. The molecule has 1 aromatic heterocycles. The summed E-state index contributed by atoms with van der Waals surface area (Å²) in [5, 5.41) is 7.44. The molecule has 0 spiro atoms. The van der Waals surface area contributed by atoms with Crippen molar-refractivity contribution >= 4 is 11.6 Å². The van der Waals surface area contributed by atoms with Crippen LogP contribution in [0.15, 0.2) is 18.3 Å². The number of hydrogen-bond donors (Lipinski definition) is 2. The predicted molar refractivity (Wildman–Crippen MR) is 66.5 cm³/mol. The molecule has 0 amide bonds. The molecule has 0 bridgehead atoms. The third-order valence-electron chi connectivity index (χ3n) is 2.95. The fraction of sp³-hybridized carbons (Fsp3) is 0.583. The van der Waals surface area contributed by atoms with Gasteiger partial charge in [0.05, 0.1) is 0 Å². The van der Waals surface area contributed by atoms with E-state index in [1.807, 2.05) is 18.3 Å². The van der Waals surface area contributed by atoms with E-state index in [-0.39, 0.29) is 0 Å². The summed E-state index contributed by atoms with van der Waals surface area (Å²) < 4.78 is 0. The quantitative estimate of drug-likeness (QED) is 0.788. The first-order valence-electron chi connectivity index (χ1n) is 5.86. The van der Waals surface area contributed by atoms with E-state index in [0.717, 1.165) is 25.6 Å². The Bertz CT molecular complexity index is 307. The molecule has 0 aliphatic carbocycles. The van der Waals surface area contributed by atoms with Gasteiger partial charge >= 0.3 is 0 Å². The highest BCUT2D eigenvalue weighted by Crippen LogP contribution is 2.09. The van der Waals surface area contributed by atoms with Crippen molar-refractivity contribution in [3.05, 3.63) is 29.0 Å². The maximum Gasteiger partial charge on any atom is 0.129 e. The molecule has 0 unspecified atom stereocenters. The van der Waals surface area contributed by atoms with Gasteiger partial charge in [-0.2, -0.15) is 0 Å². The van der Waals surface area contributed by atoms with Crippen molar-refractivity contribution in [3.8, 4) is 0 Å². The van der Waals surface area contributed by atoms with Crippen molar-refractivity contribution in [1.29, 1.82) is 0 Å². The molecular weight excluding hydrogens is 222 g/mol. The van der Waals surface area contributed by atoms with E-state index < -0.39 is 0 Å². The average Bonchev–Trinajstić information content (AvgIpc) is 2.33. The summed E-state index contributed by atoms with van der Waals surface area (Å²) >= 11 is 5.73. The summed E-state index contributed by atoms with van der Waals surface area (Å²) in [4.78, 5) is 4.06. The Morgan fingerprint density at radius 3 is 3.12 bits per heavy atom. The highest BCUT2D eigenvalue weighted by atomic mass is 35.5. The van der Waals surface area contributed by atoms with Crippen LogP contribution in [0.5, 0.6) is 0 Å². The van der Waals surface area contributed by atoms with Crippen LogP contribution in [0.4, 0.5) is 0 Å². The van der Waals surface area contributed by atoms with Crippen molar-refractivity contribution in [1.82, 2.24) is 15.6 Å². The van der Waals surface area contributed by atoms with Gasteiger partial charge in [-0.05, 0) is 50.0 Å². The topological polar surface area (TPSA) is 37.0 Å². The van der Waals surface area contributed by atoms with Crippen LogP contribution in [-0.4, -0.2) is 24.6 Å². The molecule has 1 aliphatic rings. The summed E-state index contributed by atoms with van der Waals surface area (Å²) in [5.74, 6) is 0.772. The zero-order chi connectivity index (χ0) is 11.2. The number of nitrogens with one attached hydrogen (secondary N) is 2. The van der Waals surface area contributed by atoms with Crippen LogP contribution in [0.2, 0.25) is 5.15 Å². The van der Waals surface area contributed by atoms with Gasteiger partial charge in [-0.3, -0.25) is 0 Å². The SMILES string of the molecule is Clc1ccc(CNC[C@H]2CCCNC2)cn1. The first-order chi connectivity index (χ1) is 7.84. The Morgan fingerprint density at radius 2 is 2.44 bits per heavy atom. The van der Waals surface area contributed by atoms with E-state index in [0.29, 0.717) is 5.15 Å². The predicted octanol–water partition coefficient (Wildman–Crippen LogP) is 1.82. The summed E-state index contributed by atoms with van der Waals surface area (Å²) in [5.41, 5.74) is 1.19. The number of aromatic nitrogens is 1. The smallest absolute Gasteiger partial charge is 0.129 e. The summed E-state index contributed by atoms with van der Waals surface area (Å²) in [6.45, 7) is 4.28. The lowest BCUT2D eigenvalue weighted by Crippen LogP contribution is -2.35. The zero-order valence-corrected chi connectivity index (χ0v) is 10.1. The van der Waals surface area contributed by atoms with E-state index in [4.69, 9.17) is 11.6 Å². The first-order valence-corrected chi connectivity index (χ1v) is 6.24. The van der Waals surface area contributed by atoms with Gasteiger partial charge in [0.2, 0.25) is 0 Å². The van der Waals surface area contributed by atoms with Crippen LogP contribution in [-0.2, 0) is 6.54 Å². The van der Waals surface area contributed by atoms with Crippen LogP contribution in [0, 0.1) is 5.92 Å². The minimum Gasteiger partial charge on any atom is -0.316 e. The molecule has 1 aliphatic heterocycles. The van der Waals surface area contributed by atoms with Crippen molar-refractivity contribution in [2.45, 2.75) is 19.4 Å². The average molecular weight is 240 g/mol. The molecule has 88 valence electrons. The van der Waals surface area contributed by atoms with Crippen LogP contribution >= 0.6 is 11.6 Å². The van der Waals surface area contributed by atoms with Gasteiger partial charge in [0.25, 0.3) is 0 Å². The normalized spacial score (nSPS) is 20.9. The van der Waals surface area contributed by atoms with Gasteiger partial charge in [0.15, 0.2) is 0 Å². The number of halogens is 1. The van der Waals surface area contributed by atoms with Gasteiger partial charge in [-0.1, -0.05) is 17.7 Å². The molecular formula is C12H18ClN3. The van der Waals surface area contributed by atoms with Gasteiger partial charge in [-0.15, -0.1) is 0 Å². The molecule has 3 nitrogen and oxygen atoms in total. The standard InChI is InChI=1S/C12H18ClN3/c13-12-4-3-11(9-16-12)8-15-7-10-2-1-5-14-6-10/h3-4,9-10,14-15H,1-2,5-8H2/t10-/m0/s1. The van der Waals surface area contributed by atoms with Gasteiger partial charge in [0.1, 0.15) is 5.15 Å². The van der Waals surface area contributed by atoms with Crippen molar-refractivity contribution < 1.29 is 0 Å². The molecule has 0 radical (unpaired) electrons. The molecule has 0 aromatic carbocycles. The first kappa shape index (κ1) is 11.8. The van der Waals surface area contributed by atoms with Crippen LogP contribution in [0.1, 0.15) is 18.4 Å². The Balaban J connectivity index is 1.69. The second-order valence-corrected chi connectivity index (χ2v) is 4.72. The number of nitrogens with zero attached hydrogens (tertiary/aromatic N) is 1. The van der Waals surface area contributed by atoms with Crippen LogP contribution in [0.25, 0.3) is 0 Å². The van der Waals surface area contributed by atoms with Crippen molar-refractivity contribution in [2.24, 2.45) is 5.92 Å². The molecule has 1 fully saturated rings.